The van der Waals surface area contributed by atoms with Crippen molar-refractivity contribution in [3.05, 3.63) is 54.2 Å². The molecule has 1 aliphatic rings. The maximum Gasteiger partial charge on any atom is 0.192 e. The van der Waals surface area contributed by atoms with Crippen molar-refractivity contribution in [2.45, 2.75) is 37.0 Å². The maximum absolute atomic E-state index is 11.5. The highest BCUT2D eigenvalue weighted by molar-refractivity contribution is 7.90. The van der Waals surface area contributed by atoms with Crippen LogP contribution >= 0.6 is 0 Å². The second kappa shape index (κ2) is 6.91. The number of hydrogen-bond acceptors (Lipinski definition) is 5. The topological polar surface area (TPSA) is 62.3 Å². The van der Waals surface area contributed by atoms with Gasteiger partial charge in [-0.1, -0.05) is 30.3 Å². The predicted molar refractivity (Wildman–Crippen MR) is 95.7 cm³/mol. The fourth-order valence-electron chi connectivity index (χ4n) is 3.16. The first kappa shape index (κ1) is 16.9. The zero-order valence-electron chi connectivity index (χ0n) is 14.0. The molecular weight excluding hydrogens is 322 g/mol. The van der Waals surface area contributed by atoms with Crippen molar-refractivity contribution in [1.29, 1.82) is 0 Å². The van der Waals surface area contributed by atoms with Crippen molar-refractivity contribution in [2.24, 2.45) is 0 Å². The quantitative estimate of drug-likeness (QED) is 0.902. The van der Waals surface area contributed by atoms with Crippen molar-refractivity contribution in [2.75, 3.05) is 18.1 Å². The average Bonchev–Trinajstić information content (AvgIpc) is 2.87. The van der Waals surface area contributed by atoms with E-state index in [1.54, 1.807) is 18.3 Å². The van der Waals surface area contributed by atoms with E-state index in [0.717, 1.165) is 25.2 Å². The Labute approximate surface area is 143 Å². The summed E-state index contributed by atoms with van der Waals surface area (Å²) in [5.41, 5.74) is 2.19. The third kappa shape index (κ3) is 4.13. The normalized spacial score (nSPS) is 21.8. The van der Waals surface area contributed by atoms with E-state index < -0.39 is 9.84 Å². The molecule has 0 amide bonds. The zero-order valence-corrected chi connectivity index (χ0v) is 14.8. The van der Waals surface area contributed by atoms with Gasteiger partial charge in [-0.15, -0.1) is 0 Å². The molecule has 5 nitrogen and oxygen atoms in total. The van der Waals surface area contributed by atoms with Crippen molar-refractivity contribution < 1.29 is 8.42 Å². The third-order valence-corrected chi connectivity index (χ3v) is 5.42. The van der Waals surface area contributed by atoms with Gasteiger partial charge in [-0.3, -0.25) is 4.90 Å². The van der Waals surface area contributed by atoms with Gasteiger partial charge in [-0.05, 0) is 31.0 Å². The number of nitrogens with zero attached hydrogens (tertiary/aromatic N) is 2. The molecule has 1 saturated heterocycles. The van der Waals surface area contributed by atoms with Crippen LogP contribution in [-0.4, -0.2) is 43.2 Å². The number of rotatable bonds is 5. The standard InChI is InChI=1S/C18H23N3O2S/c1-14-10-17(13-21(14)12-15-6-4-3-5-7-15)20-16-8-9-18(19-11-16)24(2,22)23/h3-9,11,14,17,20H,10,12-13H2,1-2H3. The lowest BCUT2D eigenvalue weighted by molar-refractivity contribution is 0.259. The van der Waals surface area contributed by atoms with Crippen LogP contribution in [0.2, 0.25) is 0 Å². The minimum absolute atomic E-state index is 0.110. The first-order valence-electron chi connectivity index (χ1n) is 8.12. The monoisotopic (exact) mass is 345 g/mol. The van der Waals surface area contributed by atoms with Gasteiger partial charge in [0.05, 0.1) is 11.9 Å². The van der Waals surface area contributed by atoms with Crippen LogP contribution in [0.1, 0.15) is 18.9 Å². The first-order valence-corrected chi connectivity index (χ1v) is 10.0. The maximum atomic E-state index is 11.5. The SMILES string of the molecule is CC1CC(Nc2ccc(S(C)(=O)=O)nc2)CN1Cc1ccccc1. The summed E-state index contributed by atoms with van der Waals surface area (Å²) in [6.07, 6.45) is 3.82. The molecular formula is C18H23N3O2S. The van der Waals surface area contributed by atoms with Crippen LogP contribution in [0.4, 0.5) is 5.69 Å². The molecule has 1 aliphatic heterocycles. The minimum atomic E-state index is -3.25. The molecule has 1 aromatic carbocycles. The van der Waals surface area contributed by atoms with E-state index >= 15 is 0 Å². The van der Waals surface area contributed by atoms with Gasteiger partial charge in [0.25, 0.3) is 0 Å². The third-order valence-electron chi connectivity index (χ3n) is 4.42. The zero-order chi connectivity index (χ0) is 17.2. The minimum Gasteiger partial charge on any atom is -0.380 e. The molecule has 2 aromatic rings. The molecule has 0 radical (unpaired) electrons. The summed E-state index contributed by atoms with van der Waals surface area (Å²) >= 11 is 0. The highest BCUT2D eigenvalue weighted by Crippen LogP contribution is 2.23. The van der Waals surface area contributed by atoms with Crippen LogP contribution in [0.3, 0.4) is 0 Å². The second-order valence-electron chi connectivity index (χ2n) is 6.50. The van der Waals surface area contributed by atoms with E-state index in [1.165, 1.54) is 11.8 Å². The van der Waals surface area contributed by atoms with Crippen molar-refractivity contribution in [3.63, 3.8) is 0 Å². The lowest BCUT2D eigenvalue weighted by Gasteiger charge is -2.21. The number of likely N-dealkylation sites (tertiary alicyclic amines) is 1. The smallest absolute Gasteiger partial charge is 0.192 e. The van der Waals surface area contributed by atoms with Crippen molar-refractivity contribution >= 4 is 15.5 Å². The van der Waals surface area contributed by atoms with E-state index in [0.29, 0.717) is 12.1 Å². The van der Waals surface area contributed by atoms with Crippen molar-refractivity contribution in [1.82, 2.24) is 9.88 Å². The summed E-state index contributed by atoms with van der Waals surface area (Å²) in [6, 6.07) is 14.7. The lowest BCUT2D eigenvalue weighted by Crippen LogP contribution is -2.28. The summed E-state index contributed by atoms with van der Waals surface area (Å²) in [5, 5.41) is 3.58. The Kier molecular flexibility index (Phi) is 4.87. The van der Waals surface area contributed by atoms with Crippen LogP contribution in [-0.2, 0) is 16.4 Å². The molecule has 3 rings (SSSR count). The molecule has 2 atom stereocenters. The summed E-state index contributed by atoms with van der Waals surface area (Å²) in [4.78, 5) is 6.50. The van der Waals surface area contributed by atoms with Gasteiger partial charge in [0.2, 0.25) is 0 Å². The number of sulfone groups is 1. The second-order valence-corrected chi connectivity index (χ2v) is 8.46. The largest absolute Gasteiger partial charge is 0.380 e. The summed E-state index contributed by atoms with van der Waals surface area (Å²) in [7, 11) is -3.25. The van der Waals surface area contributed by atoms with Gasteiger partial charge in [0, 0.05) is 31.4 Å². The molecule has 2 heterocycles. The van der Waals surface area contributed by atoms with Crippen LogP contribution in [0.15, 0.2) is 53.7 Å². The predicted octanol–water partition coefficient (Wildman–Crippen LogP) is 2.56. The molecule has 1 fully saturated rings. The first-order chi connectivity index (χ1) is 11.4. The van der Waals surface area contributed by atoms with Crippen LogP contribution in [0.25, 0.3) is 0 Å². The van der Waals surface area contributed by atoms with Crippen LogP contribution in [0, 0.1) is 0 Å². The molecule has 6 heteroatoms. The molecule has 128 valence electrons. The number of nitrogens with one attached hydrogen (secondary N) is 1. The summed E-state index contributed by atoms with van der Waals surface area (Å²) in [5.74, 6) is 0. The molecule has 0 bridgehead atoms. The Balaban J connectivity index is 1.61. The van der Waals surface area contributed by atoms with Crippen LogP contribution < -0.4 is 5.32 Å². The van der Waals surface area contributed by atoms with Crippen molar-refractivity contribution in [3.8, 4) is 0 Å². The van der Waals surface area contributed by atoms with Gasteiger partial charge in [-0.25, -0.2) is 13.4 Å². The lowest BCUT2D eigenvalue weighted by atomic mass is 10.2. The van der Waals surface area contributed by atoms with Gasteiger partial charge in [0.15, 0.2) is 14.9 Å². The Hall–Kier alpha value is -1.92. The summed E-state index contributed by atoms with van der Waals surface area (Å²) < 4.78 is 22.9. The molecule has 0 aliphatic carbocycles. The number of anilines is 1. The van der Waals surface area contributed by atoms with E-state index in [2.05, 4.69) is 46.4 Å². The molecule has 0 saturated carbocycles. The fourth-order valence-corrected chi connectivity index (χ4v) is 3.72. The molecule has 1 N–H and O–H groups in total. The van der Waals surface area contributed by atoms with Gasteiger partial charge < -0.3 is 5.32 Å². The average molecular weight is 345 g/mol. The van der Waals surface area contributed by atoms with Gasteiger partial charge >= 0.3 is 0 Å². The number of benzene rings is 1. The Bertz CT molecular complexity index is 776. The Morgan fingerprint density at radius 1 is 1.21 bits per heavy atom. The highest BCUT2D eigenvalue weighted by Gasteiger charge is 2.28. The van der Waals surface area contributed by atoms with Crippen LogP contribution in [0.5, 0.6) is 0 Å². The molecule has 24 heavy (non-hydrogen) atoms. The summed E-state index contributed by atoms with van der Waals surface area (Å²) in [6.45, 7) is 4.16. The van der Waals surface area contributed by atoms with Gasteiger partial charge in [0.1, 0.15) is 0 Å². The number of aromatic nitrogens is 1. The Morgan fingerprint density at radius 2 is 1.96 bits per heavy atom. The number of pyridine rings is 1. The molecule has 2 unspecified atom stereocenters. The number of hydrogen-bond donors (Lipinski definition) is 1. The fraction of sp³-hybridized carbons (Fsp3) is 0.389. The molecule has 0 spiro atoms. The van der Waals surface area contributed by atoms with E-state index in [-0.39, 0.29) is 5.03 Å². The van der Waals surface area contributed by atoms with E-state index in [4.69, 9.17) is 0 Å². The molecule has 1 aromatic heterocycles. The van der Waals surface area contributed by atoms with Gasteiger partial charge in [-0.2, -0.15) is 0 Å². The van der Waals surface area contributed by atoms with E-state index in [9.17, 15) is 8.42 Å². The van der Waals surface area contributed by atoms with E-state index in [1.807, 2.05) is 6.07 Å². The Morgan fingerprint density at radius 3 is 2.58 bits per heavy atom. The highest BCUT2D eigenvalue weighted by atomic mass is 32.2.